The minimum atomic E-state index is -1.50. The normalized spacial score (nSPS) is 31.1. The predicted octanol–water partition coefficient (Wildman–Crippen LogP) is 0.0299. The number of halogens is 1. The van der Waals surface area contributed by atoms with Crippen molar-refractivity contribution in [2.45, 2.75) is 22.9 Å². The number of nitrogens with zero attached hydrogens (tertiary/aromatic N) is 2. The van der Waals surface area contributed by atoms with Gasteiger partial charge in [0.2, 0.25) is 0 Å². The first-order valence-corrected chi connectivity index (χ1v) is 6.70. The van der Waals surface area contributed by atoms with Crippen molar-refractivity contribution in [2.24, 2.45) is 0 Å². The molecule has 0 spiro atoms. The highest BCUT2D eigenvalue weighted by Gasteiger charge is 2.44. The number of fused-ring (bicyclic) bond motifs is 1. The number of aliphatic hydroxyl groups is 2. The van der Waals surface area contributed by atoms with Gasteiger partial charge < -0.3 is 19.8 Å². The van der Waals surface area contributed by atoms with Crippen LogP contribution >= 0.6 is 11.8 Å². The number of thioether (sulfide) groups is 1. The molecule has 0 bridgehead atoms. The zero-order valence-electron chi connectivity index (χ0n) is 9.73. The second kappa shape index (κ2) is 4.62. The largest absolute Gasteiger partial charge is 0.395 e. The average Bonchev–Trinajstić information content (AvgIpc) is 2.94. The first-order valence-electron chi connectivity index (χ1n) is 5.76. The van der Waals surface area contributed by atoms with E-state index in [2.05, 4.69) is 9.97 Å². The SMILES string of the molecule is O=c1[nH]ccc2c1ncn2[C@@H]1S[C@H](CO)[C@@H](F)[C@H]1O. The molecular weight excluding hydrogens is 273 g/mol. The fourth-order valence-corrected chi connectivity index (χ4v) is 3.63. The molecule has 0 radical (unpaired) electrons. The molecular formula is C11H12FN3O3S. The Morgan fingerprint density at radius 1 is 1.58 bits per heavy atom. The Balaban J connectivity index is 2.06. The highest BCUT2D eigenvalue weighted by Crippen LogP contribution is 2.44. The van der Waals surface area contributed by atoms with E-state index in [1.54, 1.807) is 10.6 Å². The van der Waals surface area contributed by atoms with Crippen LogP contribution in [0.3, 0.4) is 0 Å². The third kappa shape index (κ3) is 1.87. The average molecular weight is 285 g/mol. The number of aliphatic hydroxyl groups excluding tert-OH is 2. The van der Waals surface area contributed by atoms with Crippen molar-refractivity contribution in [3.8, 4) is 0 Å². The second-order valence-corrected chi connectivity index (χ2v) is 5.74. The lowest BCUT2D eigenvalue weighted by atomic mass is 10.1. The molecule has 1 aliphatic heterocycles. The van der Waals surface area contributed by atoms with Crippen molar-refractivity contribution < 1.29 is 14.6 Å². The minimum Gasteiger partial charge on any atom is -0.395 e. The Hall–Kier alpha value is -1.38. The number of aromatic amines is 1. The summed E-state index contributed by atoms with van der Waals surface area (Å²) in [5.41, 5.74) is 0.452. The number of H-pyrrole nitrogens is 1. The van der Waals surface area contributed by atoms with Crippen molar-refractivity contribution in [3.63, 3.8) is 0 Å². The molecule has 0 saturated carbocycles. The zero-order chi connectivity index (χ0) is 13.6. The lowest BCUT2D eigenvalue weighted by molar-refractivity contribution is 0.0643. The molecule has 0 amide bonds. The molecule has 3 heterocycles. The number of hydrogen-bond acceptors (Lipinski definition) is 5. The smallest absolute Gasteiger partial charge is 0.276 e. The molecule has 0 aromatic carbocycles. The summed E-state index contributed by atoms with van der Waals surface area (Å²) in [6.07, 6.45) is 0.150. The number of nitrogens with one attached hydrogen (secondary N) is 1. The molecule has 1 fully saturated rings. The summed E-state index contributed by atoms with van der Waals surface area (Å²) in [4.78, 5) is 18.0. The van der Waals surface area contributed by atoms with Crippen molar-refractivity contribution in [3.05, 3.63) is 28.9 Å². The van der Waals surface area contributed by atoms with Crippen LogP contribution in [0.15, 0.2) is 23.4 Å². The van der Waals surface area contributed by atoms with Crippen molar-refractivity contribution in [1.82, 2.24) is 14.5 Å². The Labute approximate surface area is 111 Å². The summed E-state index contributed by atoms with van der Waals surface area (Å²) in [5.74, 6) is 0. The third-order valence-electron chi connectivity index (χ3n) is 3.24. The van der Waals surface area contributed by atoms with Gasteiger partial charge in [0, 0.05) is 6.20 Å². The molecule has 1 aliphatic rings. The molecule has 102 valence electrons. The lowest BCUT2D eigenvalue weighted by Gasteiger charge is -2.16. The first-order chi connectivity index (χ1) is 9.13. The van der Waals surface area contributed by atoms with Crippen molar-refractivity contribution in [2.75, 3.05) is 6.61 Å². The molecule has 2 aromatic rings. The fourth-order valence-electron chi connectivity index (χ4n) is 2.26. The van der Waals surface area contributed by atoms with E-state index in [1.165, 1.54) is 12.5 Å². The maximum Gasteiger partial charge on any atom is 0.276 e. The van der Waals surface area contributed by atoms with Gasteiger partial charge in [-0.25, -0.2) is 9.37 Å². The number of aromatic nitrogens is 3. The monoisotopic (exact) mass is 285 g/mol. The predicted molar refractivity (Wildman–Crippen MR) is 68.8 cm³/mol. The van der Waals surface area contributed by atoms with E-state index in [1.807, 2.05) is 0 Å². The van der Waals surface area contributed by atoms with Gasteiger partial charge in [0.05, 0.1) is 23.7 Å². The summed E-state index contributed by atoms with van der Waals surface area (Å²) in [6.45, 7) is -0.341. The summed E-state index contributed by atoms with van der Waals surface area (Å²) < 4.78 is 15.3. The standard InChI is InChI=1S/C11H12FN3O3S/c12-7-6(3-16)19-11(9(7)17)15-4-14-8-5(15)1-2-13-10(8)18/h1-2,4,6-7,9,11,16-17H,3H2,(H,13,18)/t6-,7-,9-,11-/m1/s1. The first kappa shape index (κ1) is 12.6. The van der Waals surface area contributed by atoms with Crippen LogP contribution in [-0.4, -0.2) is 48.9 Å². The zero-order valence-corrected chi connectivity index (χ0v) is 10.5. The van der Waals surface area contributed by atoms with E-state index in [4.69, 9.17) is 5.11 Å². The molecule has 1 saturated heterocycles. The van der Waals surface area contributed by atoms with Crippen LogP contribution in [0.4, 0.5) is 4.39 Å². The van der Waals surface area contributed by atoms with Gasteiger partial charge in [-0.15, -0.1) is 11.8 Å². The highest BCUT2D eigenvalue weighted by atomic mass is 32.2. The van der Waals surface area contributed by atoms with Crippen molar-refractivity contribution in [1.29, 1.82) is 0 Å². The molecule has 4 atom stereocenters. The van der Waals surface area contributed by atoms with E-state index in [9.17, 15) is 14.3 Å². The number of pyridine rings is 1. The van der Waals surface area contributed by atoms with E-state index in [0.29, 0.717) is 5.52 Å². The summed E-state index contributed by atoms with van der Waals surface area (Å²) in [6, 6.07) is 1.65. The van der Waals surface area contributed by atoms with Crippen LogP contribution in [0.2, 0.25) is 0 Å². The minimum absolute atomic E-state index is 0.248. The number of rotatable bonds is 2. The Morgan fingerprint density at radius 2 is 2.37 bits per heavy atom. The van der Waals surface area contributed by atoms with E-state index in [-0.39, 0.29) is 17.7 Å². The fraction of sp³-hybridized carbons (Fsp3) is 0.455. The van der Waals surface area contributed by atoms with Crippen molar-refractivity contribution >= 4 is 22.8 Å². The number of hydrogen-bond donors (Lipinski definition) is 3. The number of imidazole rings is 1. The lowest BCUT2D eigenvalue weighted by Crippen LogP contribution is -2.29. The van der Waals surface area contributed by atoms with E-state index < -0.39 is 22.9 Å². The van der Waals surface area contributed by atoms with Crippen LogP contribution in [0, 0.1) is 0 Å². The van der Waals surface area contributed by atoms with Crippen LogP contribution < -0.4 is 5.56 Å². The van der Waals surface area contributed by atoms with Gasteiger partial charge in [0.25, 0.3) is 5.56 Å². The maximum atomic E-state index is 13.8. The van der Waals surface area contributed by atoms with Gasteiger partial charge in [-0.3, -0.25) is 4.79 Å². The van der Waals surface area contributed by atoms with Gasteiger partial charge in [0.1, 0.15) is 17.6 Å². The van der Waals surface area contributed by atoms with E-state index >= 15 is 0 Å². The molecule has 0 unspecified atom stereocenters. The summed E-state index contributed by atoms with van der Waals surface area (Å²) in [5, 5.41) is 17.7. The number of alkyl halides is 1. The molecule has 19 heavy (non-hydrogen) atoms. The van der Waals surface area contributed by atoms with Gasteiger partial charge in [-0.05, 0) is 6.07 Å². The topological polar surface area (TPSA) is 91.1 Å². The van der Waals surface area contributed by atoms with Crippen LogP contribution in [0.25, 0.3) is 11.0 Å². The highest BCUT2D eigenvalue weighted by molar-refractivity contribution is 8.00. The molecule has 2 aromatic heterocycles. The van der Waals surface area contributed by atoms with Gasteiger partial charge in [0.15, 0.2) is 5.52 Å². The van der Waals surface area contributed by atoms with E-state index in [0.717, 1.165) is 11.8 Å². The quantitative estimate of drug-likeness (QED) is 0.724. The summed E-state index contributed by atoms with van der Waals surface area (Å²) in [7, 11) is 0. The molecule has 6 nitrogen and oxygen atoms in total. The summed E-state index contributed by atoms with van der Waals surface area (Å²) >= 11 is 1.14. The van der Waals surface area contributed by atoms with Gasteiger partial charge in [-0.1, -0.05) is 0 Å². The Morgan fingerprint density at radius 3 is 3.05 bits per heavy atom. The molecule has 8 heteroatoms. The second-order valence-electron chi connectivity index (χ2n) is 4.38. The maximum absolute atomic E-state index is 13.8. The molecule has 0 aliphatic carbocycles. The van der Waals surface area contributed by atoms with Crippen LogP contribution in [-0.2, 0) is 0 Å². The third-order valence-corrected chi connectivity index (χ3v) is 4.79. The Kier molecular flexibility index (Phi) is 3.08. The molecule has 3 N–H and O–H groups in total. The van der Waals surface area contributed by atoms with Crippen LogP contribution in [0.1, 0.15) is 5.37 Å². The van der Waals surface area contributed by atoms with Gasteiger partial charge in [-0.2, -0.15) is 0 Å². The molecule has 3 rings (SSSR count). The van der Waals surface area contributed by atoms with Gasteiger partial charge >= 0.3 is 0 Å². The van der Waals surface area contributed by atoms with Crippen LogP contribution in [0.5, 0.6) is 0 Å². The Bertz CT molecular complexity index is 658.